The lowest BCUT2D eigenvalue weighted by molar-refractivity contribution is -0.139. The zero-order valence-electron chi connectivity index (χ0n) is 13.1. The lowest BCUT2D eigenvalue weighted by Gasteiger charge is -2.32. The SMILES string of the molecule is CC1Cc2cc(OCC(=O)O)c(Cl)c(Cl)c2C1C1(O)CCCC1=O. The molecule has 3 rings (SSSR count). The van der Waals surface area contributed by atoms with Gasteiger partial charge in [-0.05, 0) is 42.4 Å². The molecule has 3 atom stereocenters. The van der Waals surface area contributed by atoms with Crippen molar-refractivity contribution in [3.05, 3.63) is 27.2 Å². The summed E-state index contributed by atoms with van der Waals surface area (Å²) in [5.41, 5.74) is 0.131. The van der Waals surface area contributed by atoms with Gasteiger partial charge in [0.2, 0.25) is 0 Å². The van der Waals surface area contributed by atoms with Crippen molar-refractivity contribution in [1.29, 1.82) is 0 Å². The Morgan fingerprint density at radius 3 is 2.71 bits per heavy atom. The van der Waals surface area contributed by atoms with Gasteiger partial charge < -0.3 is 14.9 Å². The number of carbonyl (C=O) groups excluding carboxylic acids is 1. The number of hydrogen-bond donors (Lipinski definition) is 2. The summed E-state index contributed by atoms with van der Waals surface area (Å²) in [6, 6.07) is 1.67. The van der Waals surface area contributed by atoms with Crippen molar-refractivity contribution in [3.63, 3.8) is 0 Å². The van der Waals surface area contributed by atoms with Crippen LogP contribution in [0.15, 0.2) is 6.07 Å². The molecule has 0 saturated heterocycles. The molecular weight excluding hydrogens is 355 g/mol. The second-order valence-electron chi connectivity index (χ2n) is 6.62. The predicted molar refractivity (Wildman–Crippen MR) is 89.0 cm³/mol. The molecule has 1 aromatic rings. The van der Waals surface area contributed by atoms with Crippen molar-refractivity contribution in [1.82, 2.24) is 0 Å². The van der Waals surface area contributed by atoms with Gasteiger partial charge in [-0.1, -0.05) is 30.1 Å². The van der Waals surface area contributed by atoms with Gasteiger partial charge in [0.25, 0.3) is 0 Å². The van der Waals surface area contributed by atoms with E-state index < -0.39 is 24.1 Å². The van der Waals surface area contributed by atoms with E-state index in [-0.39, 0.29) is 27.5 Å². The van der Waals surface area contributed by atoms with Crippen molar-refractivity contribution >= 4 is 35.0 Å². The first-order chi connectivity index (χ1) is 11.3. The normalized spacial score (nSPS) is 28.9. The number of carboxylic acid groups (broad SMARTS) is 1. The van der Waals surface area contributed by atoms with E-state index in [1.165, 1.54) is 0 Å². The lowest BCUT2D eigenvalue weighted by atomic mass is 9.76. The van der Waals surface area contributed by atoms with Crippen LogP contribution in [0, 0.1) is 5.92 Å². The number of aliphatic hydroxyl groups is 1. The Morgan fingerprint density at radius 1 is 1.42 bits per heavy atom. The van der Waals surface area contributed by atoms with Crippen molar-refractivity contribution < 1.29 is 24.5 Å². The summed E-state index contributed by atoms with van der Waals surface area (Å²) < 4.78 is 5.20. The summed E-state index contributed by atoms with van der Waals surface area (Å²) in [6.45, 7) is 1.45. The summed E-state index contributed by atoms with van der Waals surface area (Å²) in [5.74, 6) is -1.43. The molecule has 2 N–H and O–H groups in total. The van der Waals surface area contributed by atoms with Gasteiger partial charge in [0.05, 0.1) is 5.02 Å². The Hall–Kier alpha value is -1.30. The van der Waals surface area contributed by atoms with E-state index in [0.29, 0.717) is 31.2 Å². The molecule has 2 aliphatic rings. The minimum absolute atomic E-state index is 0.0235. The van der Waals surface area contributed by atoms with Crippen LogP contribution in [0.3, 0.4) is 0 Å². The van der Waals surface area contributed by atoms with E-state index >= 15 is 0 Å². The molecule has 0 radical (unpaired) electrons. The van der Waals surface area contributed by atoms with Gasteiger partial charge in [-0.25, -0.2) is 4.79 Å². The lowest BCUT2D eigenvalue weighted by Crippen LogP contribution is -2.42. The van der Waals surface area contributed by atoms with Gasteiger partial charge in [-0.2, -0.15) is 0 Å². The van der Waals surface area contributed by atoms with Crippen LogP contribution in [0.4, 0.5) is 0 Å². The molecule has 24 heavy (non-hydrogen) atoms. The van der Waals surface area contributed by atoms with Crippen molar-refractivity contribution in [2.45, 2.75) is 44.1 Å². The van der Waals surface area contributed by atoms with Crippen LogP contribution in [-0.4, -0.2) is 34.2 Å². The smallest absolute Gasteiger partial charge is 0.341 e. The second kappa shape index (κ2) is 6.21. The minimum atomic E-state index is -1.40. The Kier molecular flexibility index (Phi) is 4.53. The van der Waals surface area contributed by atoms with Gasteiger partial charge in [0, 0.05) is 12.3 Å². The predicted octanol–water partition coefficient (Wildman–Crippen LogP) is 3.22. The average molecular weight is 373 g/mol. The van der Waals surface area contributed by atoms with E-state index in [2.05, 4.69) is 0 Å². The number of hydrogen-bond acceptors (Lipinski definition) is 4. The van der Waals surface area contributed by atoms with Crippen LogP contribution in [0.1, 0.15) is 43.2 Å². The van der Waals surface area contributed by atoms with Crippen molar-refractivity contribution in [2.24, 2.45) is 5.92 Å². The number of ketones is 1. The van der Waals surface area contributed by atoms with Crippen molar-refractivity contribution in [2.75, 3.05) is 6.61 Å². The Morgan fingerprint density at radius 2 is 2.12 bits per heavy atom. The molecular formula is C17H18Cl2O5. The highest BCUT2D eigenvalue weighted by atomic mass is 35.5. The maximum atomic E-state index is 12.3. The molecule has 130 valence electrons. The molecule has 0 bridgehead atoms. The maximum absolute atomic E-state index is 12.3. The zero-order chi connectivity index (χ0) is 17.6. The van der Waals surface area contributed by atoms with E-state index in [1.54, 1.807) is 6.07 Å². The molecule has 0 spiro atoms. The molecule has 0 amide bonds. The van der Waals surface area contributed by atoms with E-state index in [4.69, 9.17) is 33.0 Å². The summed E-state index contributed by atoms with van der Waals surface area (Å²) in [5, 5.41) is 20.1. The van der Waals surface area contributed by atoms with Crippen LogP contribution in [-0.2, 0) is 16.0 Å². The fourth-order valence-corrected chi connectivity index (χ4v) is 4.62. The Balaban J connectivity index is 2.04. The van der Waals surface area contributed by atoms with Gasteiger partial charge in [0.1, 0.15) is 16.4 Å². The molecule has 5 nitrogen and oxygen atoms in total. The molecule has 0 aromatic heterocycles. The monoisotopic (exact) mass is 372 g/mol. The molecule has 7 heteroatoms. The molecule has 1 fully saturated rings. The van der Waals surface area contributed by atoms with E-state index in [0.717, 1.165) is 5.56 Å². The molecule has 3 unspecified atom stereocenters. The number of aliphatic carboxylic acids is 1. The number of carbonyl (C=O) groups is 2. The molecule has 1 aromatic carbocycles. The summed E-state index contributed by atoms with van der Waals surface area (Å²) >= 11 is 12.7. The van der Waals surface area contributed by atoms with E-state index in [9.17, 15) is 14.7 Å². The number of fused-ring (bicyclic) bond motifs is 1. The first-order valence-electron chi connectivity index (χ1n) is 7.86. The van der Waals surface area contributed by atoms with Gasteiger partial charge in [-0.15, -0.1) is 0 Å². The second-order valence-corrected chi connectivity index (χ2v) is 7.37. The fourth-order valence-electron chi connectivity index (χ4n) is 4.08. The van der Waals surface area contributed by atoms with Crippen LogP contribution in [0.5, 0.6) is 5.75 Å². The topological polar surface area (TPSA) is 83.8 Å². The van der Waals surface area contributed by atoms with Crippen LogP contribution >= 0.6 is 23.2 Å². The molecule has 0 heterocycles. The highest BCUT2D eigenvalue weighted by Crippen LogP contribution is 2.54. The van der Waals surface area contributed by atoms with Crippen LogP contribution in [0.2, 0.25) is 10.0 Å². The number of ether oxygens (including phenoxy) is 1. The average Bonchev–Trinajstić information content (AvgIpc) is 3.02. The number of carboxylic acids is 1. The highest BCUT2D eigenvalue weighted by molar-refractivity contribution is 6.43. The molecule has 2 aliphatic carbocycles. The van der Waals surface area contributed by atoms with Crippen LogP contribution < -0.4 is 4.74 Å². The first kappa shape index (κ1) is 17.5. The third-order valence-corrected chi connectivity index (χ3v) is 5.89. The number of benzene rings is 1. The third-order valence-electron chi connectivity index (χ3n) is 5.03. The highest BCUT2D eigenvalue weighted by Gasteiger charge is 2.52. The fraction of sp³-hybridized carbons (Fsp3) is 0.529. The van der Waals surface area contributed by atoms with Gasteiger partial charge >= 0.3 is 5.97 Å². The summed E-state index contributed by atoms with van der Waals surface area (Å²) in [4.78, 5) is 23.0. The standard InChI is InChI=1S/C17H18Cl2O5/c1-8-5-9-6-10(24-7-12(21)22)15(18)16(19)13(9)14(8)17(23)4-2-3-11(17)20/h6,8,14,23H,2-5,7H2,1H3,(H,21,22). The van der Waals surface area contributed by atoms with Crippen LogP contribution in [0.25, 0.3) is 0 Å². The van der Waals surface area contributed by atoms with Gasteiger partial charge in [-0.3, -0.25) is 4.79 Å². The number of rotatable bonds is 4. The van der Waals surface area contributed by atoms with E-state index in [1.807, 2.05) is 6.92 Å². The van der Waals surface area contributed by atoms with Crippen molar-refractivity contribution in [3.8, 4) is 5.75 Å². The summed E-state index contributed by atoms with van der Waals surface area (Å²) in [6.07, 6.45) is 2.08. The Labute approximate surface area is 149 Å². The quantitative estimate of drug-likeness (QED) is 0.847. The molecule has 1 saturated carbocycles. The summed E-state index contributed by atoms with van der Waals surface area (Å²) in [7, 11) is 0. The third kappa shape index (κ3) is 2.68. The molecule has 0 aliphatic heterocycles. The van der Waals surface area contributed by atoms with Gasteiger partial charge in [0.15, 0.2) is 12.4 Å². The zero-order valence-corrected chi connectivity index (χ0v) is 14.7. The minimum Gasteiger partial charge on any atom is -0.480 e. The number of halogens is 2. The maximum Gasteiger partial charge on any atom is 0.341 e. The largest absolute Gasteiger partial charge is 0.480 e. The number of Topliss-reactive ketones (excluding diaryl/α,β-unsaturated/α-hetero) is 1. The first-order valence-corrected chi connectivity index (χ1v) is 8.62. The Bertz CT molecular complexity index is 717.